The molecule has 0 nitrogen and oxygen atoms in total. The number of hydrogen-bond acceptors (Lipinski definition) is 0. The van der Waals surface area contributed by atoms with E-state index in [-0.39, 0.29) is 29.7 Å². The van der Waals surface area contributed by atoms with Gasteiger partial charge >= 0.3 is 0 Å². The lowest BCUT2D eigenvalue weighted by Crippen LogP contribution is -1.91. The quantitative estimate of drug-likeness (QED) is 0.291. The van der Waals surface area contributed by atoms with Gasteiger partial charge in [-0.2, -0.15) is 0 Å². The van der Waals surface area contributed by atoms with Crippen molar-refractivity contribution in [3.05, 3.63) is 106 Å². The first-order chi connectivity index (χ1) is 17.9. The Morgan fingerprint density at radius 2 is 0.439 bits per heavy atom. The molecule has 0 heterocycles. The summed E-state index contributed by atoms with van der Waals surface area (Å²) >= 11 is 0. The number of hydrogen-bond donors (Lipinski definition) is 0. The molecule has 41 heavy (non-hydrogen) atoms. The molecule has 244 valence electrons. The standard InChI is InChI=1S/C22H22.3C3H8.3C2H6.4CH4/c1-17-3-7-19(8-4-17)15-21-11-13-22(14-12-21)16-20-9-5-18(2)6-10-20;3*1-3-2;3*1-2;;;;/h3-14H,15-16H2,1-2H3;3*3H2,1-2H3;3*1-2H3;4*1H4. The highest BCUT2D eigenvalue weighted by molar-refractivity contribution is 5.33. The van der Waals surface area contributed by atoms with Gasteiger partial charge in [0.1, 0.15) is 0 Å². The molecule has 3 aromatic carbocycles. The van der Waals surface area contributed by atoms with Crippen LogP contribution < -0.4 is 0 Å². The number of aryl methyl sites for hydroxylation is 2. The molecule has 0 N–H and O–H groups in total. The maximum atomic E-state index is 2.25. The van der Waals surface area contributed by atoms with Crippen LogP contribution in [0.5, 0.6) is 0 Å². The highest BCUT2D eigenvalue weighted by Crippen LogP contribution is 2.15. The van der Waals surface area contributed by atoms with Crippen LogP contribution in [0.2, 0.25) is 0 Å². The molecule has 3 aromatic rings. The minimum Gasteiger partial charge on any atom is -0.0776 e. The van der Waals surface area contributed by atoms with E-state index in [2.05, 4.69) is 128 Å². The molecule has 0 saturated heterocycles. The Hall–Kier alpha value is -2.34. The Balaban J connectivity index is -0.0000000824. The van der Waals surface area contributed by atoms with Crippen LogP contribution in [0, 0.1) is 13.8 Å². The molecule has 0 fully saturated rings. The molecule has 0 amide bonds. The zero-order valence-electron chi connectivity index (χ0n) is 27.5. The predicted molar refractivity (Wildman–Crippen MR) is 203 cm³/mol. The number of benzene rings is 3. The van der Waals surface area contributed by atoms with Crippen molar-refractivity contribution in [2.75, 3.05) is 0 Å². The van der Waals surface area contributed by atoms with Crippen molar-refractivity contribution in [1.29, 1.82) is 0 Å². The highest BCUT2D eigenvalue weighted by atomic mass is 14.0. The fourth-order valence-corrected chi connectivity index (χ4v) is 2.66. The van der Waals surface area contributed by atoms with E-state index < -0.39 is 0 Å². The van der Waals surface area contributed by atoms with Gasteiger partial charge in [0, 0.05) is 0 Å². The summed E-state index contributed by atoms with van der Waals surface area (Å²) in [6.45, 7) is 29.0. The van der Waals surface area contributed by atoms with Gasteiger partial charge in [-0.1, -0.05) is 216 Å². The Morgan fingerprint density at radius 1 is 0.317 bits per heavy atom. The molecular weight excluding hydrogens is 492 g/mol. The van der Waals surface area contributed by atoms with E-state index in [1.165, 1.54) is 52.6 Å². The van der Waals surface area contributed by atoms with Gasteiger partial charge in [0.15, 0.2) is 0 Å². The highest BCUT2D eigenvalue weighted by Gasteiger charge is 1.99. The molecule has 0 aliphatic carbocycles. The van der Waals surface area contributed by atoms with Gasteiger partial charge in [-0.05, 0) is 48.9 Å². The van der Waals surface area contributed by atoms with Crippen molar-refractivity contribution >= 4 is 0 Å². The van der Waals surface area contributed by atoms with Crippen molar-refractivity contribution in [3.63, 3.8) is 0 Å². The predicted octanol–water partition coefficient (Wildman–Crippen LogP) is 15.4. The van der Waals surface area contributed by atoms with Crippen molar-refractivity contribution in [1.82, 2.24) is 0 Å². The summed E-state index contributed by atoms with van der Waals surface area (Å²) in [5.74, 6) is 0. The van der Waals surface area contributed by atoms with Gasteiger partial charge in [-0.15, -0.1) is 0 Å². The molecule has 0 heteroatoms. The molecule has 0 bridgehead atoms. The normalized spacial score (nSPS) is 7.46. The van der Waals surface area contributed by atoms with Gasteiger partial charge in [0.2, 0.25) is 0 Å². The molecule has 0 radical (unpaired) electrons. The first-order valence-electron chi connectivity index (χ1n) is 15.1. The van der Waals surface area contributed by atoms with Crippen LogP contribution in [0.1, 0.15) is 165 Å². The van der Waals surface area contributed by atoms with E-state index in [1.807, 2.05) is 41.5 Å². The summed E-state index contributed by atoms with van der Waals surface area (Å²) in [6, 6.07) is 26.6. The summed E-state index contributed by atoms with van der Waals surface area (Å²) in [5, 5.41) is 0. The van der Waals surface area contributed by atoms with Gasteiger partial charge < -0.3 is 0 Å². The Labute approximate surface area is 264 Å². The van der Waals surface area contributed by atoms with Crippen LogP contribution in [0.15, 0.2) is 72.8 Å². The van der Waals surface area contributed by atoms with Gasteiger partial charge in [0.05, 0.1) is 0 Å². The third-order valence-corrected chi connectivity index (χ3v) is 4.08. The van der Waals surface area contributed by atoms with E-state index in [0.717, 1.165) is 12.8 Å². The number of rotatable bonds is 4. The average molecular weight is 573 g/mol. The lowest BCUT2D eigenvalue weighted by atomic mass is 9.99. The molecule has 0 saturated carbocycles. The topological polar surface area (TPSA) is 0 Å². The minimum atomic E-state index is 0. The van der Waals surface area contributed by atoms with E-state index in [1.54, 1.807) is 0 Å². The zero-order valence-corrected chi connectivity index (χ0v) is 27.5. The van der Waals surface area contributed by atoms with E-state index in [4.69, 9.17) is 0 Å². The van der Waals surface area contributed by atoms with Crippen LogP contribution in [0.3, 0.4) is 0 Å². The first-order valence-corrected chi connectivity index (χ1v) is 15.1. The molecule has 3 rings (SSSR count). The van der Waals surface area contributed by atoms with Gasteiger partial charge in [0.25, 0.3) is 0 Å². The molecule has 0 aromatic heterocycles. The second-order valence-corrected chi connectivity index (χ2v) is 8.26. The van der Waals surface area contributed by atoms with Gasteiger partial charge in [-0.3, -0.25) is 0 Å². The fourth-order valence-electron chi connectivity index (χ4n) is 2.66. The van der Waals surface area contributed by atoms with Crippen molar-refractivity contribution in [2.24, 2.45) is 0 Å². The fraction of sp³-hybridized carbons (Fsp3) is 0.561. The molecule has 0 aliphatic rings. The largest absolute Gasteiger partial charge is 0.0776 e. The van der Waals surface area contributed by atoms with Crippen LogP contribution in [-0.4, -0.2) is 0 Å². The zero-order chi connectivity index (χ0) is 29.5. The average Bonchev–Trinajstić information content (AvgIpc) is 2.93. The molecule has 0 atom stereocenters. The maximum absolute atomic E-state index is 2.25. The molecular formula is C41H80. The molecule has 0 unspecified atom stereocenters. The molecule has 0 aliphatic heterocycles. The Kier molecular flexibility index (Phi) is 67.5. The van der Waals surface area contributed by atoms with Crippen LogP contribution in [0.4, 0.5) is 0 Å². The minimum absolute atomic E-state index is 0. The Morgan fingerprint density at radius 3 is 0.585 bits per heavy atom. The summed E-state index contributed by atoms with van der Waals surface area (Å²) < 4.78 is 0. The summed E-state index contributed by atoms with van der Waals surface area (Å²) in [6.07, 6.45) is 5.76. The smallest absolute Gasteiger partial charge is 0.00258 e. The van der Waals surface area contributed by atoms with E-state index >= 15 is 0 Å². The Bertz CT molecular complexity index is 691. The molecule has 0 spiro atoms. The summed E-state index contributed by atoms with van der Waals surface area (Å²) in [7, 11) is 0. The summed E-state index contributed by atoms with van der Waals surface area (Å²) in [4.78, 5) is 0. The third-order valence-electron chi connectivity index (χ3n) is 4.08. The van der Waals surface area contributed by atoms with Crippen molar-refractivity contribution < 1.29 is 0 Å². The van der Waals surface area contributed by atoms with E-state index in [9.17, 15) is 0 Å². The lowest BCUT2D eigenvalue weighted by molar-refractivity contribution is 1.09. The SMILES string of the molecule is C.C.C.C.CC.CC.CC.CCC.CCC.CCC.Cc1ccc(Cc2ccc(Cc3ccc(C)cc3)cc2)cc1. The third kappa shape index (κ3) is 37.7. The second kappa shape index (κ2) is 47.4. The van der Waals surface area contributed by atoms with Crippen molar-refractivity contribution in [3.8, 4) is 0 Å². The summed E-state index contributed by atoms with van der Waals surface area (Å²) in [5.41, 5.74) is 8.12. The monoisotopic (exact) mass is 573 g/mol. The lowest BCUT2D eigenvalue weighted by Gasteiger charge is -2.06. The maximum Gasteiger partial charge on any atom is -0.00258 e. The van der Waals surface area contributed by atoms with Crippen LogP contribution in [-0.2, 0) is 12.8 Å². The second-order valence-electron chi connectivity index (χ2n) is 8.26. The van der Waals surface area contributed by atoms with E-state index in [0.29, 0.717) is 0 Å². The van der Waals surface area contributed by atoms with Crippen LogP contribution >= 0.6 is 0 Å². The van der Waals surface area contributed by atoms with Crippen molar-refractivity contribution in [2.45, 2.75) is 159 Å². The van der Waals surface area contributed by atoms with Crippen LogP contribution in [0.25, 0.3) is 0 Å². The first kappa shape index (κ1) is 58.3. The van der Waals surface area contributed by atoms with Gasteiger partial charge in [-0.25, -0.2) is 0 Å².